The highest BCUT2D eigenvalue weighted by atomic mass is 16.2. The molecule has 1 aromatic carbocycles. The molecule has 1 aliphatic rings. The Balaban J connectivity index is 2.06. The van der Waals surface area contributed by atoms with Crippen LogP contribution in [0, 0.1) is 13.8 Å². The molecule has 0 aliphatic carbocycles. The summed E-state index contributed by atoms with van der Waals surface area (Å²) in [6, 6.07) is 5.41. The third-order valence-electron chi connectivity index (χ3n) is 3.45. The van der Waals surface area contributed by atoms with E-state index < -0.39 is 6.04 Å². The number of amides is 3. The van der Waals surface area contributed by atoms with Gasteiger partial charge in [-0.25, -0.2) is 4.79 Å². The molecule has 5 heteroatoms. The van der Waals surface area contributed by atoms with Gasteiger partial charge < -0.3 is 15.5 Å². The van der Waals surface area contributed by atoms with Crippen molar-refractivity contribution in [2.24, 2.45) is 0 Å². The van der Waals surface area contributed by atoms with Crippen LogP contribution in [0.4, 0.5) is 10.5 Å². The first-order valence-electron chi connectivity index (χ1n) is 7.33. The number of rotatable bonds is 3. The topological polar surface area (TPSA) is 61.4 Å². The van der Waals surface area contributed by atoms with Crippen molar-refractivity contribution in [1.29, 1.82) is 0 Å². The Hall–Kier alpha value is -2.04. The van der Waals surface area contributed by atoms with E-state index in [9.17, 15) is 9.59 Å². The maximum Gasteiger partial charge on any atom is 0.315 e. The molecule has 21 heavy (non-hydrogen) atoms. The lowest BCUT2D eigenvalue weighted by atomic mass is 10.1. The Morgan fingerprint density at radius 3 is 2.43 bits per heavy atom. The van der Waals surface area contributed by atoms with E-state index in [0.717, 1.165) is 16.8 Å². The smallest absolute Gasteiger partial charge is 0.315 e. The molecule has 1 fully saturated rings. The number of carbonyl (C=O) groups excluding carboxylic acids is 2. The average Bonchev–Trinajstić information content (AvgIpc) is 2.68. The molecule has 1 unspecified atom stereocenters. The summed E-state index contributed by atoms with van der Waals surface area (Å²) >= 11 is 0. The molecule has 1 aliphatic heterocycles. The van der Waals surface area contributed by atoms with Crippen molar-refractivity contribution in [3.05, 3.63) is 29.3 Å². The zero-order valence-electron chi connectivity index (χ0n) is 13.1. The molecule has 0 radical (unpaired) electrons. The first kappa shape index (κ1) is 15.4. The SMILES string of the molecule is Cc1cc(C)cc(N2CCC(NC(=O)NC(C)C)C2=O)c1. The molecule has 0 spiro atoms. The van der Waals surface area contributed by atoms with Gasteiger partial charge in [0.25, 0.3) is 0 Å². The molecule has 0 aromatic heterocycles. The van der Waals surface area contributed by atoms with Crippen LogP contribution in [0.3, 0.4) is 0 Å². The Labute approximate surface area is 125 Å². The summed E-state index contributed by atoms with van der Waals surface area (Å²) in [6.45, 7) is 8.44. The lowest BCUT2D eigenvalue weighted by Crippen LogP contribution is -2.47. The number of nitrogens with one attached hydrogen (secondary N) is 2. The Bertz CT molecular complexity index is 534. The number of urea groups is 1. The van der Waals surface area contributed by atoms with Crippen molar-refractivity contribution in [1.82, 2.24) is 10.6 Å². The average molecular weight is 289 g/mol. The van der Waals surface area contributed by atoms with Crippen LogP contribution in [0.5, 0.6) is 0 Å². The molecule has 0 saturated carbocycles. The molecule has 1 saturated heterocycles. The van der Waals surface area contributed by atoms with E-state index in [1.165, 1.54) is 0 Å². The molecule has 2 N–H and O–H groups in total. The fourth-order valence-corrected chi connectivity index (χ4v) is 2.64. The van der Waals surface area contributed by atoms with Gasteiger partial charge in [-0.2, -0.15) is 0 Å². The Kier molecular flexibility index (Phi) is 4.50. The Morgan fingerprint density at radius 1 is 1.24 bits per heavy atom. The first-order chi connectivity index (χ1) is 9.86. The second-order valence-electron chi connectivity index (χ2n) is 5.95. The van der Waals surface area contributed by atoms with E-state index in [0.29, 0.717) is 13.0 Å². The highest BCUT2D eigenvalue weighted by molar-refractivity contribution is 6.01. The molecule has 2 rings (SSSR count). The normalized spacial score (nSPS) is 18.2. The molecule has 0 bridgehead atoms. The minimum Gasteiger partial charge on any atom is -0.336 e. The van der Waals surface area contributed by atoms with Crippen LogP contribution in [-0.4, -0.2) is 30.6 Å². The van der Waals surface area contributed by atoms with Gasteiger partial charge in [0.2, 0.25) is 5.91 Å². The van der Waals surface area contributed by atoms with Crippen LogP contribution >= 0.6 is 0 Å². The molecule has 1 aromatic rings. The van der Waals surface area contributed by atoms with Crippen molar-refractivity contribution < 1.29 is 9.59 Å². The van der Waals surface area contributed by atoms with Crippen LogP contribution in [-0.2, 0) is 4.79 Å². The lowest BCUT2D eigenvalue weighted by molar-refractivity contribution is -0.118. The lowest BCUT2D eigenvalue weighted by Gasteiger charge is -2.19. The van der Waals surface area contributed by atoms with E-state index in [4.69, 9.17) is 0 Å². The third kappa shape index (κ3) is 3.74. The number of anilines is 1. The van der Waals surface area contributed by atoms with Crippen LogP contribution in [0.15, 0.2) is 18.2 Å². The van der Waals surface area contributed by atoms with Crippen LogP contribution in [0.25, 0.3) is 0 Å². The van der Waals surface area contributed by atoms with Crippen molar-refractivity contribution in [3.8, 4) is 0 Å². The van der Waals surface area contributed by atoms with Gasteiger partial charge in [-0.05, 0) is 57.4 Å². The predicted molar refractivity (Wildman–Crippen MR) is 83.5 cm³/mol. The maximum atomic E-state index is 12.4. The number of hydrogen-bond acceptors (Lipinski definition) is 2. The summed E-state index contributed by atoms with van der Waals surface area (Å²) in [6.07, 6.45) is 0.636. The number of carbonyl (C=O) groups is 2. The van der Waals surface area contributed by atoms with E-state index in [-0.39, 0.29) is 18.0 Å². The van der Waals surface area contributed by atoms with E-state index >= 15 is 0 Å². The second-order valence-corrected chi connectivity index (χ2v) is 5.95. The maximum absolute atomic E-state index is 12.4. The molecular weight excluding hydrogens is 266 g/mol. The molecule has 114 valence electrons. The van der Waals surface area contributed by atoms with Crippen molar-refractivity contribution in [2.75, 3.05) is 11.4 Å². The predicted octanol–water partition coefficient (Wildman–Crippen LogP) is 2.12. The van der Waals surface area contributed by atoms with Crippen LogP contribution in [0.2, 0.25) is 0 Å². The summed E-state index contributed by atoms with van der Waals surface area (Å²) in [5, 5.41) is 5.49. The minimum atomic E-state index is -0.440. The quantitative estimate of drug-likeness (QED) is 0.895. The fourth-order valence-electron chi connectivity index (χ4n) is 2.64. The summed E-state index contributed by atoms with van der Waals surface area (Å²) in [4.78, 5) is 25.9. The Morgan fingerprint density at radius 2 is 1.86 bits per heavy atom. The number of aryl methyl sites for hydroxylation is 2. The summed E-state index contributed by atoms with van der Waals surface area (Å²) < 4.78 is 0. The van der Waals surface area contributed by atoms with Crippen molar-refractivity contribution >= 4 is 17.6 Å². The van der Waals surface area contributed by atoms with E-state index in [1.807, 2.05) is 39.8 Å². The summed E-state index contributed by atoms with van der Waals surface area (Å²) in [5.74, 6) is -0.0427. The zero-order chi connectivity index (χ0) is 15.6. The van der Waals surface area contributed by atoms with Gasteiger partial charge in [-0.15, -0.1) is 0 Å². The highest BCUT2D eigenvalue weighted by Gasteiger charge is 2.33. The minimum absolute atomic E-state index is 0.0427. The van der Waals surface area contributed by atoms with Gasteiger partial charge in [0.1, 0.15) is 6.04 Å². The van der Waals surface area contributed by atoms with Gasteiger partial charge >= 0.3 is 6.03 Å². The van der Waals surface area contributed by atoms with Gasteiger partial charge in [0, 0.05) is 18.3 Å². The highest BCUT2D eigenvalue weighted by Crippen LogP contribution is 2.24. The molecule has 1 heterocycles. The van der Waals surface area contributed by atoms with Gasteiger partial charge in [-0.1, -0.05) is 6.07 Å². The van der Waals surface area contributed by atoms with Gasteiger partial charge in [0.05, 0.1) is 0 Å². The zero-order valence-corrected chi connectivity index (χ0v) is 13.1. The largest absolute Gasteiger partial charge is 0.336 e. The first-order valence-corrected chi connectivity index (χ1v) is 7.33. The summed E-state index contributed by atoms with van der Waals surface area (Å²) in [5.41, 5.74) is 3.17. The monoisotopic (exact) mass is 289 g/mol. The number of nitrogens with zero attached hydrogens (tertiary/aromatic N) is 1. The molecule has 1 atom stereocenters. The molecule has 3 amide bonds. The molecular formula is C16H23N3O2. The van der Waals surface area contributed by atoms with Gasteiger partial charge in [0.15, 0.2) is 0 Å². The van der Waals surface area contributed by atoms with Crippen molar-refractivity contribution in [2.45, 2.75) is 46.2 Å². The second kappa shape index (κ2) is 6.16. The summed E-state index contributed by atoms with van der Waals surface area (Å²) in [7, 11) is 0. The van der Waals surface area contributed by atoms with Crippen molar-refractivity contribution in [3.63, 3.8) is 0 Å². The van der Waals surface area contributed by atoms with Crippen LogP contribution in [0.1, 0.15) is 31.4 Å². The standard InChI is InChI=1S/C16H23N3O2/c1-10(2)17-16(21)18-14-5-6-19(15(14)20)13-8-11(3)7-12(4)9-13/h7-10,14H,5-6H2,1-4H3,(H2,17,18,21). The van der Waals surface area contributed by atoms with Gasteiger partial charge in [-0.3, -0.25) is 4.79 Å². The third-order valence-corrected chi connectivity index (χ3v) is 3.45. The molecule has 5 nitrogen and oxygen atoms in total. The van der Waals surface area contributed by atoms with Crippen LogP contribution < -0.4 is 15.5 Å². The van der Waals surface area contributed by atoms with E-state index in [2.05, 4.69) is 16.7 Å². The number of benzene rings is 1. The fraction of sp³-hybridized carbons (Fsp3) is 0.500. The van der Waals surface area contributed by atoms with E-state index in [1.54, 1.807) is 4.90 Å². The number of hydrogen-bond donors (Lipinski definition) is 2.